The second kappa shape index (κ2) is 7.09. The van der Waals surface area contributed by atoms with Gasteiger partial charge in [0.25, 0.3) is 0 Å². The van der Waals surface area contributed by atoms with Gasteiger partial charge in [-0.15, -0.1) is 11.6 Å². The van der Waals surface area contributed by atoms with Crippen molar-refractivity contribution >= 4 is 27.5 Å². The molecule has 19 heavy (non-hydrogen) atoms. The van der Waals surface area contributed by atoms with Gasteiger partial charge >= 0.3 is 0 Å². The normalized spacial score (nSPS) is 21.6. The molecule has 1 saturated heterocycles. The highest BCUT2D eigenvalue weighted by Gasteiger charge is 2.23. The number of alkyl halides is 1. The van der Waals surface area contributed by atoms with E-state index in [1.54, 1.807) is 0 Å². The van der Waals surface area contributed by atoms with Gasteiger partial charge in [0.1, 0.15) is 0 Å². The number of hydrogen-bond donors (Lipinski definition) is 0. The molecular weight excluding hydrogens is 326 g/mol. The van der Waals surface area contributed by atoms with Crippen molar-refractivity contribution in [2.75, 3.05) is 12.4 Å². The van der Waals surface area contributed by atoms with Crippen LogP contribution in [0.15, 0.2) is 4.47 Å². The summed E-state index contributed by atoms with van der Waals surface area (Å²) in [6, 6.07) is 0.510. The molecule has 108 valence electrons. The van der Waals surface area contributed by atoms with Crippen molar-refractivity contribution in [1.29, 1.82) is 0 Å². The molecule has 1 aliphatic heterocycles. The van der Waals surface area contributed by atoms with Crippen molar-refractivity contribution in [2.24, 2.45) is 7.05 Å². The van der Waals surface area contributed by atoms with Crippen LogP contribution in [0, 0.1) is 0 Å². The Hall–Kier alpha value is -0.0600. The summed E-state index contributed by atoms with van der Waals surface area (Å²) in [5.74, 6) is 0.732. The van der Waals surface area contributed by atoms with Crippen LogP contribution in [-0.4, -0.2) is 33.1 Å². The minimum Gasteiger partial charge on any atom is -0.293 e. The topological polar surface area (TPSA) is 21.1 Å². The first-order valence-corrected chi connectivity index (χ1v) is 8.50. The molecule has 0 aliphatic carbocycles. The first-order valence-electron chi connectivity index (χ1n) is 7.17. The van der Waals surface area contributed by atoms with E-state index in [-0.39, 0.29) is 0 Å². The SMILES string of the molecule is CCc1nn(C)c(CN2CCCCCC2CCl)c1Br. The minimum absolute atomic E-state index is 0.510. The smallest absolute Gasteiger partial charge is 0.0767 e. The van der Waals surface area contributed by atoms with E-state index in [0.29, 0.717) is 6.04 Å². The average Bonchev–Trinajstić information content (AvgIpc) is 2.60. The van der Waals surface area contributed by atoms with Gasteiger partial charge < -0.3 is 0 Å². The van der Waals surface area contributed by atoms with E-state index in [1.807, 2.05) is 11.7 Å². The lowest BCUT2D eigenvalue weighted by Gasteiger charge is -2.28. The van der Waals surface area contributed by atoms with E-state index >= 15 is 0 Å². The summed E-state index contributed by atoms with van der Waals surface area (Å²) in [6.45, 7) is 4.24. The van der Waals surface area contributed by atoms with Crippen molar-refractivity contribution in [2.45, 2.75) is 51.6 Å². The summed E-state index contributed by atoms with van der Waals surface area (Å²) in [5, 5.41) is 4.58. The molecule has 5 heteroatoms. The molecule has 0 spiro atoms. The Morgan fingerprint density at radius 1 is 1.37 bits per heavy atom. The zero-order chi connectivity index (χ0) is 13.8. The van der Waals surface area contributed by atoms with Crippen molar-refractivity contribution in [3.8, 4) is 0 Å². The Labute approximate surface area is 129 Å². The van der Waals surface area contributed by atoms with Crippen LogP contribution in [0.3, 0.4) is 0 Å². The Bertz CT molecular complexity index is 419. The quantitative estimate of drug-likeness (QED) is 0.773. The molecule has 0 N–H and O–H groups in total. The summed E-state index contributed by atoms with van der Waals surface area (Å²) in [6.07, 6.45) is 6.10. The predicted molar refractivity (Wildman–Crippen MR) is 83.7 cm³/mol. The lowest BCUT2D eigenvalue weighted by Crippen LogP contribution is -2.36. The fourth-order valence-electron chi connectivity index (χ4n) is 2.80. The standard InChI is InChI=1S/C14H23BrClN3/c1-3-12-14(15)13(18(2)17-12)10-19-8-6-4-5-7-11(19)9-16/h11H,3-10H2,1-2H3. The predicted octanol–water partition coefficient (Wildman–Crippen LogP) is 3.73. The minimum atomic E-state index is 0.510. The Balaban J connectivity index is 2.16. The summed E-state index contributed by atoms with van der Waals surface area (Å²) < 4.78 is 3.19. The third kappa shape index (κ3) is 3.53. The highest BCUT2D eigenvalue weighted by molar-refractivity contribution is 9.10. The number of aryl methyl sites for hydroxylation is 2. The zero-order valence-electron chi connectivity index (χ0n) is 11.8. The van der Waals surface area contributed by atoms with E-state index < -0.39 is 0 Å². The van der Waals surface area contributed by atoms with Crippen LogP contribution < -0.4 is 0 Å². The van der Waals surface area contributed by atoms with E-state index in [9.17, 15) is 0 Å². The van der Waals surface area contributed by atoms with Gasteiger partial charge in [-0.2, -0.15) is 5.10 Å². The fourth-order valence-corrected chi connectivity index (χ4v) is 3.89. The third-order valence-electron chi connectivity index (χ3n) is 4.03. The molecule has 1 aromatic heterocycles. The maximum Gasteiger partial charge on any atom is 0.0767 e. The van der Waals surface area contributed by atoms with Gasteiger partial charge in [0.2, 0.25) is 0 Å². The van der Waals surface area contributed by atoms with Crippen molar-refractivity contribution in [3.63, 3.8) is 0 Å². The Morgan fingerprint density at radius 2 is 2.16 bits per heavy atom. The van der Waals surface area contributed by atoms with Crippen LogP contribution in [0.4, 0.5) is 0 Å². The molecule has 3 nitrogen and oxygen atoms in total. The second-order valence-corrected chi connectivity index (χ2v) is 6.41. The lowest BCUT2D eigenvalue weighted by atomic mass is 10.1. The Kier molecular flexibility index (Phi) is 5.72. The van der Waals surface area contributed by atoms with Gasteiger partial charge in [0, 0.05) is 25.5 Å². The number of likely N-dealkylation sites (tertiary alicyclic amines) is 1. The van der Waals surface area contributed by atoms with Gasteiger partial charge in [-0.3, -0.25) is 9.58 Å². The largest absolute Gasteiger partial charge is 0.293 e. The molecule has 1 unspecified atom stereocenters. The van der Waals surface area contributed by atoms with Crippen LogP contribution in [0.2, 0.25) is 0 Å². The maximum absolute atomic E-state index is 6.15. The molecule has 0 bridgehead atoms. The number of rotatable bonds is 4. The van der Waals surface area contributed by atoms with E-state index in [1.165, 1.54) is 35.8 Å². The first kappa shape index (κ1) is 15.3. The molecule has 0 radical (unpaired) electrons. The van der Waals surface area contributed by atoms with Crippen molar-refractivity contribution in [1.82, 2.24) is 14.7 Å². The summed E-state index contributed by atoms with van der Waals surface area (Å²) in [4.78, 5) is 2.53. The number of aromatic nitrogens is 2. The maximum atomic E-state index is 6.15. The van der Waals surface area contributed by atoms with Gasteiger partial charge in [-0.05, 0) is 41.7 Å². The molecular formula is C14H23BrClN3. The first-order chi connectivity index (χ1) is 9.17. The van der Waals surface area contributed by atoms with Crippen molar-refractivity contribution in [3.05, 3.63) is 15.9 Å². The second-order valence-electron chi connectivity index (χ2n) is 5.31. The molecule has 2 heterocycles. The molecule has 1 atom stereocenters. The van der Waals surface area contributed by atoms with E-state index in [0.717, 1.165) is 31.1 Å². The van der Waals surface area contributed by atoms with E-state index in [4.69, 9.17) is 11.6 Å². The molecule has 0 amide bonds. The molecule has 1 aromatic rings. The van der Waals surface area contributed by atoms with Crippen LogP contribution >= 0.6 is 27.5 Å². The number of nitrogens with zero attached hydrogens (tertiary/aromatic N) is 3. The van der Waals surface area contributed by atoms with Crippen LogP contribution in [0.1, 0.15) is 44.0 Å². The fraction of sp³-hybridized carbons (Fsp3) is 0.786. The van der Waals surface area contributed by atoms with Crippen LogP contribution in [-0.2, 0) is 20.0 Å². The highest BCUT2D eigenvalue weighted by Crippen LogP contribution is 2.26. The lowest BCUT2D eigenvalue weighted by molar-refractivity contribution is 0.202. The monoisotopic (exact) mass is 347 g/mol. The molecule has 1 fully saturated rings. The van der Waals surface area contributed by atoms with Crippen molar-refractivity contribution < 1.29 is 0 Å². The summed E-state index contributed by atoms with van der Waals surface area (Å²) in [5.41, 5.74) is 2.42. The third-order valence-corrected chi connectivity index (χ3v) is 5.30. The van der Waals surface area contributed by atoms with E-state index in [2.05, 4.69) is 32.9 Å². The van der Waals surface area contributed by atoms with Gasteiger partial charge in [0.05, 0.1) is 15.9 Å². The highest BCUT2D eigenvalue weighted by atomic mass is 79.9. The molecule has 0 aromatic carbocycles. The van der Waals surface area contributed by atoms with Gasteiger partial charge in [-0.25, -0.2) is 0 Å². The summed E-state index contributed by atoms with van der Waals surface area (Å²) >= 11 is 9.86. The zero-order valence-corrected chi connectivity index (χ0v) is 14.2. The van der Waals surface area contributed by atoms with Crippen LogP contribution in [0.5, 0.6) is 0 Å². The van der Waals surface area contributed by atoms with Gasteiger partial charge in [0.15, 0.2) is 0 Å². The summed E-state index contributed by atoms with van der Waals surface area (Å²) in [7, 11) is 2.03. The molecule has 0 saturated carbocycles. The molecule has 2 rings (SSSR count). The molecule has 1 aliphatic rings. The van der Waals surface area contributed by atoms with Gasteiger partial charge in [-0.1, -0.05) is 19.8 Å². The number of hydrogen-bond acceptors (Lipinski definition) is 2. The number of halogens is 2. The Morgan fingerprint density at radius 3 is 2.79 bits per heavy atom. The van der Waals surface area contributed by atoms with Crippen LogP contribution in [0.25, 0.3) is 0 Å². The average molecular weight is 349 g/mol.